The number of allylic oxidation sites excluding steroid dienone is 1. The summed E-state index contributed by atoms with van der Waals surface area (Å²) in [5.74, 6) is 1.28. The molecule has 0 spiro atoms. The van der Waals surface area contributed by atoms with Crippen molar-refractivity contribution >= 4 is 11.9 Å². The highest BCUT2D eigenvalue weighted by Crippen LogP contribution is 2.37. The lowest BCUT2D eigenvalue weighted by molar-refractivity contribution is 0.104. The number of ketones is 1. The van der Waals surface area contributed by atoms with E-state index in [2.05, 4.69) is 44.3 Å². The fourth-order valence-electron chi connectivity index (χ4n) is 3.83. The SMILES string of the molecule is C=CC(=O)c1ccc(F)cc1.C=Cc1ccc(C2CCC(CCC)CC2)cc1. The van der Waals surface area contributed by atoms with Crippen molar-refractivity contribution in [3.63, 3.8) is 0 Å². The fraction of sp³-hybridized carbons (Fsp3) is 0.346. The summed E-state index contributed by atoms with van der Waals surface area (Å²) in [6.07, 6.45) is 11.5. The predicted molar refractivity (Wildman–Crippen MR) is 117 cm³/mol. The molecule has 1 saturated carbocycles. The average molecular weight is 379 g/mol. The van der Waals surface area contributed by atoms with E-state index in [0.717, 1.165) is 11.8 Å². The third-order valence-electron chi connectivity index (χ3n) is 5.50. The second-order valence-corrected chi connectivity index (χ2v) is 7.45. The third-order valence-corrected chi connectivity index (χ3v) is 5.50. The highest BCUT2D eigenvalue weighted by Gasteiger charge is 2.21. The predicted octanol–water partition coefficient (Wildman–Crippen LogP) is 7.60. The quantitative estimate of drug-likeness (QED) is 0.373. The van der Waals surface area contributed by atoms with Gasteiger partial charge in [0.1, 0.15) is 5.82 Å². The van der Waals surface area contributed by atoms with E-state index in [-0.39, 0.29) is 11.6 Å². The first-order chi connectivity index (χ1) is 13.6. The largest absolute Gasteiger partial charge is 0.289 e. The molecule has 0 unspecified atom stereocenters. The van der Waals surface area contributed by atoms with Gasteiger partial charge in [0.15, 0.2) is 5.78 Å². The minimum atomic E-state index is -0.342. The van der Waals surface area contributed by atoms with Crippen molar-refractivity contribution in [3.05, 3.63) is 90.3 Å². The highest BCUT2D eigenvalue weighted by molar-refractivity contribution is 6.04. The van der Waals surface area contributed by atoms with Crippen LogP contribution in [-0.4, -0.2) is 5.78 Å². The number of carbonyl (C=O) groups excluding carboxylic acids is 1. The molecule has 0 aromatic heterocycles. The Morgan fingerprint density at radius 1 is 1.00 bits per heavy atom. The Labute approximate surface area is 169 Å². The third kappa shape index (κ3) is 6.60. The summed E-state index contributed by atoms with van der Waals surface area (Å²) in [6.45, 7) is 9.43. The van der Waals surface area contributed by atoms with Crippen LogP contribution in [0.5, 0.6) is 0 Å². The smallest absolute Gasteiger partial charge is 0.185 e. The summed E-state index contributed by atoms with van der Waals surface area (Å²) in [5.41, 5.74) is 3.22. The number of hydrogen-bond acceptors (Lipinski definition) is 1. The van der Waals surface area contributed by atoms with Gasteiger partial charge in [0, 0.05) is 5.56 Å². The molecule has 0 atom stereocenters. The molecule has 0 radical (unpaired) electrons. The van der Waals surface area contributed by atoms with Crippen LogP contribution in [-0.2, 0) is 0 Å². The van der Waals surface area contributed by atoms with E-state index < -0.39 is 0 Å². The number of benzene rings is 2. The minimum Gasteiger partial charge on any atom is -0.289 e. The van der Waals surface area contributed by atoms with Gasteiger partial charge in [-0.2, -0.15) is 0 Å². The Kier molecular flexibility index (Phi) is 8.87. The number of halogens is 1. The van der Waals surface area contributed by atoms with Gasteiger partial charge in [-0.15, -0.1) is 0 Å². The molecule has 3 rings (SSSR count). The van der Waals surface area contributed by atoms with E-state index in [9.17, 15) is 9.18 Å². The van der Waals surface area contributed by atoms with Gasteiger partial charge >= 0.3 is 0 Å². The Bertz CT molecular complexity index is 750. The van der Waals surface area contributed by atoms with Crippen LogP contribution in [0.15, 0.2) is 67.8 Å². The van der Waals surface area contributed by atoms with Crippen molar-refractivity contribution in [1.29, 1.82) is 0 Å². The maximum Gasteiger partial charge on any atom is 0.185 e. The molecule has 148 valence electrons. The number of carbonyl (C=O) groups is 1. The van der Waals surface area contributed by atoms with Gasteiger partial charge in [0.05, 0.1) is 0 Å². The molecule has 0 bridgehead atoms. The number of rotatable bonds is 6. The van der Waals surface area contributed by atoms with Crippen LogP contribution in [0, 0.1) is 11.7 Å². The van der Waals surface area contributed by atoms with Gasteiger partial charge in [-0.25, -0.2) is 4.39 Å². The maximum atomic E-state index is 12.3. The first kappa shape index (κ1) is 21.8. The summed E-state index contributed by atoms with van der Waals surface area (Å²) >= 11 is 0. The first-order valence-electron chi connectivity index (χ1n) is 10.2. The zero-order valence-electron chi connectivity index (χ0n) is 16.9. The van der Waals surface area contributed by atoms with Gasteiger partial charge in [-0.1, -0.05) is 63.3 Å². The molecule has 2 heteroatoms. The number of hydrogen-bond donors (Lipinski definition) is 0. The summed E-state index contributed by atoms with van der Waals surface area (Å²) < 4.78 is 12.3. The van der Waals surface area contributed by atoms with Gasteiger partial charge < -0.3 is 0 Å². The van der Waals surface area contributed by atoms with Gasteiger partial charge in [0.2, 0.25) is 0 Å². The van der Waals surface area contributed by atoms with Crippen LogP contribution in [0.1, 0.15) is 72.9 Å². The molecule has 0 saturated heterocycles. The van der Waals surface area contributed by atoms with Crippen LogP contribution < -0.4 is 0 Å². The molecule has 0 N–H and O–H groups in total. The lowest BCUT2D eigenvalue weighted by atomic mass is 9.77. The second-order valence-electron chi connectivity index (χ2n) is 7.45. The average Bonchev–Trinajstić information content (AvgIpc) is 2.75. The van der Waals surface area contributed by atoms with E-state index in [0.29, 0.717) is 5.56 Å². The van der Waals surface area contributed by atoms with Crippen LogP contribution in [0.4, 0.5) is 4.39 Å². The second kappa shape index (κ2) is 11.4. The van der Waals surface area contributed by atoms with E-state index in [1.54, 1.807) is 0 Å². The van der Waals surface area contributed by atoms with Crippen LogP contribution in [0.2, 0.25) is 0 Å². The molecule has 0 heterocycles. The molecule has 2 aromatic rings. The van der Waals surface area contributed by atoms with E-state index >= 15 is 0 Å². The molecule has 2 aromatic carbocycles. The van der Waals surface area contributed by atoms with Crippen molar-refractivity contribution < 1.29 is 9.18 Å². The van der Waals surface area contributed by atoms with Gasteiger partial charge in [-0.3, -0.25) is 4.79 Å². The monoisotopic (exact) mass is 378 g/mol. The minimum absolute atomic E-state index is 0.190. The van der Waals surface area contributed by atoms with E-state index in [1.807, 2.05) is 6.08 Å². The molecule has 1 fully saturated rings. The van der Waals surface area contributed by atoms with Crippen molar-refractivity contribution in [2.45, 2.75) is 51.4 Å². The topological polar surface area (TPSA) is 17.1 Å². The first-order valence-corrected chi connectivity index (χ1v) is 10.2. The molecule has 1 nitrogen and oxygen atoms in total. The Morgan fingerprint density at radius 2 is 1.61 bits per heavy atom. The summed E-state index contributed by atoms with van der Waals surface area (Å²) in [5, 5.41) is 0. The Balaban J connectivity index is 0.000000221. The van der Waals surface area contributed by atoms with Gasteiger partial charge in [0.25, 0.3) is 0 Å². The van der Waals surface area contributed by atoms with Gasteiger partial charge in [-0.05, 0) is 79.0 Å². The lowest BCUT2D eigenvalue weighted by Gasteiger charge is -2.28. The van der Waals surface area contributed by atoms with Crippen LogP contribution in [0.3, 0.4) is 0 Å². The standard InChI is InChI=1S/C17H24.C9H7FO/c1-3-5-15-8-12-17(13-9-15)16-10-6-14(4-2)7-11-16;1-2-9(11)7-3-5-8(10)6-4-7/h4,6-7,10-11,15,17H,2-3,5,8-9,12-13H2,1H3;2-6H,1H2. The van der Waals surface area contributed by atoms with Crippen molar-refractivity contribution in [3.8, 4) is 0 Å². The Hall–Kier alpha value is -2.48. The lowest BCUT2D eigenvalue weighted by Crippen LogP contribution is -2.13. The van der Waals surface area contributed by atoms with Crippen LogP contribution in [0.25, 0.3) is 6.08 Å². The molecule has 28 heavy (non-hydrogen) atoms. The van der Waals surface area contributed by atoms with Crippen molar-refractivity contribution in [1.82, 2.24) is 0 Å². The highest BCUT2D eigenvalue weighted by atomic mass is 19.1. The molecule has 0 aliphatic heterocycles. The van der Waals surface area contributed by atoms with Crippen molar-refractivity contribution in [2.24, 2.45) is 5.92 Å². The Morgan fingerprint density at radius 3 is 2.11 bits per heavy atom. The summed E-state index contributed by atoms with van der Waals surface area (Å²) in [6, 6.07) is 14.3. The van der Waals surface area contributed by atoms with Crippen LogP contribution >= 0.6 is 0 Å². The fourth-order valence-corrected chi connectivity index (χ4v) is 3.83. The molecule has 1 aliphatic carbocycles. The maximum absolute atomic E-state index is 12.3. The summed E-state index contributed by atoms with van der Waals surface area (Å²) in [4.78, 5) is 10.9. The molecule has 1 aliphatic rings. The van der Waals surface area contributed by atoms with E-state index in [4.69, 9.17) is 0 Å². The molecule has 0 amide bonds. The molecular weight excluding hydrogens is 347 g/mol. The van der Waals surface area contributed by atoms with E-state index in [1.165, 1.54) is 80.0 Å². The van der Waals surface area contributed by atoms with Crippen molar-refractivity contribution in [2.75, 3.05) is 0 Å². The zero-order valence-corrected chi connectivity index (χ0v) is 16.9. The molecular formula is C26H31FO. The normalized spacial score (nSPS) is 18.5. The summed E-state index contributed by atoms with van der Waals surface area (Å²) in [7, 11) is 0. The zero-order chi connectivity index (χ0) is 20.4.